The highest BCUT2D eigenvalue weighted by atomic mass is 32.2. The van der Waals surface area contributed by atoms with Gasteiger partial charge in [0.2, 0.25) is 10.0 Å². The first kappa shape index (κ1) is 23.0. The van der Waals surface area contributed by atoms with Gasteiger partial charge in [-0.3, -0.25) is 0 Å². The molecule has 0 unspecified atom stereocenters. The molecule has 0 atom stereocenters. The summed E-state index contributed by atoms with van der Waals surface area (Å²) in [6.45, 7) is 1.84. The number of rotatable bonds is 5. The number of carboxylic acid groups (broad SMARTS) is 1. The van der Waals surface area contributed by atoms with Gasteiger partial charge in [0.25, 0.3) is 0 Å². The molecular formula is C26H20N2O5S. The Labute approximate surface area is 196 Å². The Balaban J connectivity index is 1.79. The molecule has 4 aromatic rings. The van der Waals surface area contributed by atoms with E-state index in [1.807, 2.05) is 49.4 Å². The summed E-state index contributed by atoms with van der Waals surface area (Å²) in [5, 5.41) is 14.2. The number of primary sulfonamides is 1. The number of carboxylic acids is 1. The van der Waals surface area contributed by atoms with Gasteiger partial charge in [0.15, 0.2) is 11.7 Å². The fraction of sp³-hybridized carbons (Fsp3) is 0.0769. The molecule has 3 aromatic carbocycles. The van der Waals surface area contributed by atoms with E-state index in [4.69, 9.17) is 14.7 Å². The van der Waals surface area contributed by atoms with Gasteiger partial charge in [0, 0.05) is 29.0 Å². The van der Waals surface area contributed by atoms with Crippen molar-refractivity contribution in [3.63, 3.8) is 0 Å². The minimum absolute atomic E-state index is 0.0490. The quantitative estimate of drug-likeness (QED) is 0.423. The average Bonchev–Trinajstić information content (AvgIpc) is 3.22. The van der Waals surface area contributed by atoms with Gasteiger partial charge in [-0.25, -0.2) is 23.3 Å². The fourth-order valence-electron chi connectivity index (χ4n) is 3.59. The number of aliphatic carboxylic acids is 1. The van der Waals surface area contributed by atoms with Gasteiger partial charge in [-0.1, -0.05) is 60.5 Å². The van der Waals surface area contributed by atoms with Crippen LogP contribution in [0.5, 0.6) is 0 Å². The summed E-state index contributed by atoms with van der Waals surface area (Å²) in [4.78, 5) is 15.3. The van der Waals surface area contributed by atoms with Crippen LogP contribution in [0.25, 0.3) is 22.6 Å². The first-order valence-corrected chi connectivity index (χ1v) is 11.8. The lowest BCUT2D eigenvalue weighted by molar-refractivity contribution is -0.130. The van der Waals surface area contributed by atoms with Crippen LogP contribution in [0.4, 0.5) is 0 Å². The second-order valence-electron chi connectivity index (χ2n) is 7.57. The van der Waals surface area contributed by atoms with Crippen molar-refractivity contribution in [3.05, 3.63) is 95.4 Å². The Hall–Kier alpha value is -4.19. The zero-order valence-electron chi connectivity index (χ0n) is 18.1. The first-order chi connectivity index (χ1) is 16.2. The molecule has 0 spiro atoms. The van der Waals surface area contributed by atoms with Gasteiger partial charge in [0.05, 0.1) is 4.90 Å². The topological polar surface area (TPSA) is 123 Å². The zero-order valence-corrected chi connectivity index (χ0v) is 19.0. The normalized spacial score (nSPS) is 11.0. The highest BCUT2D eigenvalue weighted by molar-refractivity contribution is 7.89. The van der Waals surface area contributed by atoms with Gasteiger partial charge in [-0.15, -0.1) is 0 Å². The Kier molecular flexibility index (Phi) is 6.32. The SMILES string of the molecule is Cc1cc(Cc2nc(-c3ccccc3)c(-c3ccccc3S(N)(=O)=O)o2)ccc1C#CC(=O)O. The predicted octanol–water partition coefficient (Wildman–Crippen LogP) is 3.99. The third-order valence-corrected chi connectivity index (χ3v) is 6.08. The lowest BCUT2D eigenvalue weighted by Gasteiger charge is -2.07. The van der Waals surface area contributed by atoms with Crippen LogP contribution in [-0.4, -0.2) is 24.5 Å². The molecule has 0 fully saturated rings. The Morgan fingerprint density at radius 2 is 1.76 bits per heavy atom. The maximum atomic E-state index is 12.2. The third kappa shape index (κ3) is 5.07. The van der Waals surface area contributed by atoms with Crippen LogP contribution in [0.3, 0.4) is 0 Å². The van der Waals surface area contributed by atoms with Crippen LogP contribution < -0.4 is 5.14 Å². The minimum atomic E-state index is -3.99. The van der Waals surface area contributed by atoms with Crippen LogP contribution in [-0.2, 0) is 21.2 Å². The lowest BCUT2D eigenvalue weighted by Crippen LogP contribution is -2.13. The molecular weight excluding hydrogens is 452 g/mol. The van der Waals surface area contributed by atoms with E-state index in [9.17, 15) is 13.2 Å². The molecule has 7 nitrogen and oxygen atoms in total. The molecule has 0 aliphatic rings. The maximum Gasteiger partial charge on any atom is 0.382 e. The van der Waals surface area contributed by atoms with E-state index in [1.54, 1.807) is 24.3 Å². The van der Waals surface area contributed by atoms with Crippen LogP contribution in [0, 0.1) is 18.8 Å². The van der Waals surface area contributed by atoms with Crippen LogP contribution >= 0.6 is 0 Å². The summed E-state index contributed by atoms with van der Waals surface area (Å²) in [6, 6.07) is 21.2. The molecule has 0 amide bonds. The van der Waals surface area contributed by atoms with Crippen molar-refractivity contribution >= 4 is 16.0 Å². The van der Waals surface area contributed by atoms with Gasteiger partial charge < -0.3 is 9.52 Å². The van der Waals surface area contributed by atoms with Crippen molar-refractivity contribution in [1.82, 2.24) is 4.98 Å². The van der Waals surface area contributed by atoms with E-state index in [1.165, 1.54) is 6.07 Å². The van der Waals surface area contributed by atoms with E-state index in [-0.39, 0.29) is 4.90 Å². The molecule has 1 aromatic heterocycles. The van der Waals surface area contributed by atoms with E-state index in [2.05, 4.69) is 16.8 Å². The molecule has 0 radical (unpaired) electrons. The van der Waals surface area contributed by atoms with Crippen molar-refractivity contribution in [3.8, 4) is 34.4 Å². The number of oxazole rings is 1. The molecule has 8 heteroatoms. The molecule has 3 N–H and O–H groups in total. The van der Waals surface area contributed by atoms with Crippen LogP contribution in [0.2, 0.25) is 0 Å². The van der Waals surface area contributed by atoms with E-state index < -0.39 is 16.0 Å². The number of carbonyl (C=O) groups is 1. The molecule has 0 saturated heterocycles. The summed E-state index contributed by atoms with van der Waals surface area (Å²) < 4.78 is 30.5. The number of benzene rings is 3. The monoisotopic (exact) mass is 472 g/mol. The molecule has 0 saturated carbocycles. The van der Waals surface area contributed by atoms with Crippen molar-refractivity contribution in [1.29, 1.82) is 0 Å². The van der Waals surface area contributed by atoms with Crippen LogP contribution in [0.1, 0.15) is 22.6 Å². The van der Waals surface area contributed by atoms with Gasteiger partial charge >= 0.3 is 5.97 Å². The highest BCUT2D eigenvalue weighted by Gasteiger charge is 2.23. The number of nitrogens with two attached hydrogens (primary N) is 1. The third-order valence-electron chi connectivity index (χ3n) is 5.11. The van der Waals surface area contributed by atoms with Crippen molar-refractivity contribution < 1.29 is 22.7 Å². The summed E-state index contributed by atoms with van der Waals surface area (Å²) in [7, 11) is -3.99. The number of hydrogen-bond donors (Lipinski definition) is 2. The number of hydrogen-bond acceptors (Lipinski definition) is 5. The Morgan fingerprint density at radius 1 is 1.06 bits per heavy atom. The Morgan fingerprint density at radius 3 is 2.44 bits per heavy atom. The molecule has 0 bridgehead atoms. The molecule has 170 valence electrons. The van der Waals surface area contributed by atoms with Crippen molar-refractivity contribution in [2.24, 2.45) is 5.14 Å². The molecule has 4 rings (SSSR count). The van der Waals surface area contributed by atoms with E-state index in [0.717, 1.165) is 16.7 Å². The number of sulfonamides is 1. The minimum Gasteiger partial charge on any atom is -0.472 e. The van der Waals surface area contributed by atoms with Crippen LogP contribution in [0.15, 0.2) is 82.1 Å². The van der Waals surface area contributed by atoms with E-state index >= 15 is 0 Å². The second-order valence-corrected chi connectivity index (χ2v) is 9.10. The summed E-state index contributed by atoms with van der Waals surface area (Å²) in [6.07, 6.45) is 0.338. The largest absolute Gasteiger partial charge is 0.472 e. The molecule has 34 heavy (non-hydrogen) atoms. The first-order valence-electron chi connectivity index (χ1n) is 10.2. The smallest absolute Gasteiger partial charge is 0.382 e. The van der Waals surface area contributed by atoms with Gasteiger partial charge in [-0.05, 0) is 36.2 Å². The zero-order chi connectivity index (χ0) is 24.3. The molecule has 0 aliphatic carbocycles. The summed E-state index contributed by atoms with van der Waals surface area (Å²) >= 11 is 0. The van der Waals surface area contributed by atoms with Crippen molar-refractivity contribution in [2.75, 3.05) is 0 Å². The Bertz CT molecular complexity index is 1550. The summed E-state index contributed by atoms with van der Waals surface area (Å²) in [5.74, 6) is 4.25. The fourth-order valence-corrected chi connectivity index (χ4v) is 4.32. The number of aryl methyl sites for hydroxylation is 1. The predicted molar refractivity (Wildman–Crippen MR) is 127 cm³/mol. The van der Waals surface area contributed by atoms with Gasteiger partial charge in [-0.2, -0.15) is 0 Å². The number of nitrogens with zero attached hydrogens (tertiary/aromatic N) is 1. The maximum absolute atomic E-state index is 12.2. The van der Waals surface area contributed by atoms with Gasteiger partial charge in [0.1, 0.15) is 5.69 Å². The standard InChI is InChI=1S/C26H20N2O5S/c1-17-15-18(11-12-19(17)13-14-24(29)30)16-23-28-25(20-7-3-2-4-8-20)26(33-23)21-9-5-6-10-22(21)34(27,31)32/h2-12,15H,16H2,1H3,(H,29,30)(H2,27,31,32). The molecule has 1 heterocycles. The lowest BCUT2D eigenvalue weighted by atomic mass is 10.0. The molecule has 0 aliphatic heterocycles. The number of aromatic nitrogens is 1. The highest BCUT2D eigenvalue weighted by Crippen LogP contribution is 2.36. The average molecular weight is 473 g/mol. The van der Waals surface area contributed by atoms with Crippen molar-refractivity contribution in [2.45, 2.75) is 18.2 Å². The summed E-state index contributed by atoms with van der Waals surface area (Å²) in [5.41, 5.74) is 3.93. The second kappa shape index (κ2) is 9.35. The van der Waals surface area contributed by atoms with E-state index in [0.29, 0.717) is 34.9 Å².